The third-order valence-electron chi connectivity index (χ3n) is 5.03. The highest BCUT2D eigenvalue weighted by Crippen LogP contribution is 2.44. The molecule has 0 radical (unpaired) electrons. The highest BCUT2D eigenvalue weighted by molar-refractivity contribution is 6.33. The van der Waals surface area contributed by atoms with Crippen molar-refractivity contribution in [3.8, 4) is 0 Å². The van der Waals surface area contributed by atoms with Gasteiger partial charge in [-0.25, -0.2) is 0 Å². The Morgan fingerprint density at radius 1 is 0.808 bits per heavy atom. The van der Waals surface area contributed by atoms with E-state index in [1.165, 1.54) is 33.4 Å². The lowest BCUT2D eigenvalue weighted by atomic mass is 9.87. The number of halogens is 1. The van der Waals surface area contributed by atoms with E-state index in [1.54, 1.807) is 0 Å². The van der Waals surface area contributed by atoms with Crippen LogP contribution in [0.4, 0.5) is 5.69 Å². The summed E-state index contributed by atoms with van der Waals surface area (Å²) in [6.07, 6.45) is 5.29. The number of para-hydroxylation sites is 1. The lowest BCUT2D eigenvalue weighted by Gasteiger charge is -2.15. The smallest absolute Gasteiger partial charge is 0.0709 e. The van der Waals surface area contributed by atoms with Crippen LogP contribution in [0.2, 0.25) is 5.02 Å². The second kappa shape index (κ2) is 6.12. The summed E-state index contributed by atoms with van der Waals surface area (Å²) in [6, 6.07) is 25.1. The number of hydrogen-bond acceptors (Lipinski definition) is 1. The normalized spacial score (nSPS) is 16.3. The predicted octanol–water partition coefficient (Wildman–Crippen LogP) is 6.61. The van der Waals surface area contributed by atoms with E-state index in [9.17, 15) is 0 Å². The minimum absolute atomic E-state index is 0.749. The minimum atomic E-state index is 0.749. The van der Waals surface area contributed by atoms with Crippen LogP contribution in [0.15, 0.2) is 83.9 Å². The molecule has 26 heavy (non-hydrogen) atoms. The highest BCUT2D eigenvalue weighted by atomic mass is 35.5. The van der Waals surface area contributed by atoms with Crippen molar-refractivity contribution < 1.29 is 0 Å². The van der Waals surface area contributed by atoms with Crippen molar-refractivity contribution in [2.75, 3.05) is 0 Å². The molecule has 0 fully saturated rings. The number of benzene rings is 3. The first-order valence-electron chi connectivity index (χ1n) is 8.74. The van der Waals surface area contributed by atoms with Crippen LogP contribution in [0.25, 0.3) is 16.7 Å². The molecule has 0 bridgehead atoms. The van der Waals surface area contributed by atoms with E-state index in [4.69, 9.17) is 11.6 Å². The molecule has 3 aromatic rings. The Morgan fingerprint density at radius 3 is 2.38 bits per heavy atom. The Kier molecular flexibility index (Phi) is 3.62. The average molecular weight is 354 g/mol. The maximum Gasteiger partial charge on any atom is 0.0709 e. The van der Waals surface area contributed by atoms with Crippen LogP contribution in [0, 0.1) is 0 Å². The van der Waals surface area contributed by atoms with E-state index in [2.05, 4.69) is 65.7 Å². The molecular weight excluding hydrogens is 338 g/mol. The van der Waals surface area contributed by atoms with Gasteiger partial charge in [-0.1, -0.05) is 72.3 Å². The lowest BCUT2D eigenvalue weighted by molar-refractivity contribution is 1.31. The van der Waals surface area contributed by atoms with Gasteiger partial charge in [0.05, 0.1) is 5.69 Å². The SMILES string of the molecule is Clc1ccc(C(C2=CCc3ccccc32)=C2C=Nc3ccccc32)cc1. The Balaban J connectivity index is 1.78. The fourth-order valence-corrected chi connectivity index (χ4v) is 3.94. The molecule has 0 saturated carbocycles. The Labute approximate surface area is 158 Å². The number of hydrogen-bond donors (Lipinski definition) is 0. The van der Waals surface area contributed by atoms with Gasteiger partial charge in [0.1, 0.15) is 0 Å². The zero-order valence-electron chi connectivity index (χ0n) is 14.1. The second-order valence-corrected chi connectivity index (χ2v) is 6.99. The van der Waals surface area contributed by atoms with Crippen molar-refractivity contribution in [3.63, 3.8) is 0 Å². The third kappa shape index (κ3) is 2.44. The fraction of sp³-hybridized carbons (Fsp3) is 0.0417. The summed E-state index contributed by atoms with van der Waals surface area (Å²) in [5, 5.41) is 0.749. The van der Waals surface area contributed by atoms with Gasteiger partial charge in [-0.3, -0.25) is 4.99 Å². The topological polar surface area (TPSA) is 12.4 Å². The molecule has 1 heterocycles. The van der Waals surface area contributed by atoms with Crippen molar-refractivity contribution in [1.29, 1.82) is 0 Å². The predicted molar refractivity (Wildman–Crippen MR) is 111 cm³/mol. The first-order valence-corrected chi connectivity index (χ1v) is 9.11. The van der Waals surface area contributed by atoms with Crippen LogP contribution < -0.4 is 0 Å². The monoisotopic (exact) mass is 353 g/mol. The quantitative estimate of drug-likeness (QED) is 0.491. The summed E-state index contributed by atoms with van der Waals surface area (Å²) in [5.74, 6) is 0. The highest BCUT2D eigenvalue weighted by Gasteiger charge is 2.24. The van der Waals surface area contributed by atoms with Gasteiger partial charge >= 0.3 is 0 Å². The van der Waals surface area contributed by atoms with E-state index in [-0.39, 0.29) is 0 Å². The van der Waals surface area contributed by atoms with Gasteiger partial charge < -0.3 is 0 Å². The van der Waals surface area contributed by atoms with E-state index >= 15 is 0 Å². The molecule has 124 valence electrons. The zero-order chi connectivity index (χ0) is 17.5. The summed E-state index contributed by atoms with van der Waals surface area (Å²) in [4.78, 5) is 4.64. The number of fused-ring (bicyclic) bond motifs is 2. The van der Waals surface area contributed by atoms with E-state index in [0.29, 0.717) is 0 Å². The second-order valence-electron chi connectivity index (χ2n) is 6.55. The molecule has 3 aromatic carbocycles. The van der Waals surface area contributed by atoms with E-state index < -0.39 is 0 Å². The van der Waals surface area contributed by atoms with Gasteiger partial charge in [-0.15, -0.1) is 0 Å². The van der Waals surface area contributed by atoms with Crippen LogP contribution >= 0.6 is 11.6 Å². The number of nitrogens with zero attached hydrogens (tertiary/aromatic N) is 1. The molecular formula is C24H16ClN. The summed E-state index contributed by atoms with van der Waals surface area (Å²) >= 11 is 6.14. The fourth-order valence-electron chi connectivity index (χ4n) is 3.81. The number of aliphatic imine (C=N–C) groups is 1. The summed E-state index contributed by atoms with van der Waals surface area (Å²) in [5.41, 5.74) is 9.73. The van der Waals surface area contributed by atoms with E-state index in [1.807, 2.05) is 24.4 Å². The molecule has 2 aliphatic rings. The van der Waals surface area contributed by atoms with Crippen LogP contribution in [0.5, 0.6) is 0 Å². The maximum absolute atomic E-state index is 6.14. The van der Waals surface area contributed by atoms with Crippen molar-refractivity contribution in [2.45, 2.75) is 6.42 Å². The molecule has 0 saturated heterocycles. The first-order chi connectivity index (χ1) is 12.8. The zero-order valence-corrected chi connectivity index (χ0v) is 14.9. The molecule has 0 spiro atoms. The lowest BCUT2D eigenvalue weighted by Crippen LogP contribution is -1.95. The molecule has 2 heteroatoms. The van der Waals surface area contributed by atoms with Gasteiger partial charge in [-0.05, 0) is 52.5 Å². The summed E-state index contributed by atoms with van der Waals surface area (Å²) in [6.45, 7) is 0. The van der Waals surface area contributed by atoms with Crippen molar-refractivity contribution in [2.24, 2.45) is 4.99 Å². The van der Waals surface area contributed by atoms with Crippen LogP contribution in [0.1, 0.15) is 22.3 Å². The largest absolute Gasteiger partial charge is 0.256 e. The average Bonchev–Trinajstić information content (AvgIpc) is 3.29. The van der Waals surface area contributed by atoms with E-state index in [0.717, 1.165) is 22.7 Å². The number of rotatable bonds is 2. The van der Waals surface area contributed by atoms with Gasteiger partial charge in [0.25, 0.3) is 0 Å². The molecule has 0 atom stereocenters. The maximum atomic E-state index is 6.14. The third-order valence-corrected chi connectivity index (χ3v) is 5.28. The molecule has 5 rings (SSSR count). The first kappa shape index (κ1) is 15.4. The van der Waals surface area contributed by atoms with Crippen LogP contribution in [-0.4, -0.2) is 6.21 Å². The van der Waals surface area contributed by atoms with Crippen molar-refractivity contribution in [1.82, 2.24) is 0 Å². The Hall–Kier alpha value is -2.90. The van der Waals surface area contributed by atoms with Crippen molar-refractivity contribution >= 4 is 40.2 Å². The Bertz CT molecular complexity index is 1100. The van der Waals surface area contributed by atoms with Crippen LogP contribution in [0.3, 0.4) is 0 Å². The molecule has 0 unspecified atom stereocenters. The van der Waals surface area contributed by atoms with Gasteiger partial charge in [-0.2, -0.15) is 0 Å². The molecule has 1 aliphatic carbocycles. The molecule has 1 aliphatic heterocycles. The molecule has 0 aromatic heterocycles. The molecule has 1 nitrogen and oxygen atoms in total. The summed E-state index contributed by atoms with van der Waals surface area (Å²) in [7, 11) is 0. The minimum Gasteiger partial charge on any atom is -0.256 e. The van der Waals surface area contributed by atoms with Crippen LogP contribution in [-0.2, 0) is 6.42 Å². The number of allylic oxidation sites excluding steroid dienone is 4. The standard InChI is InChI=1S/C24H16ClN/c25-18-12-9-17(10-13-18)24(21-14-11-16-5-1-2-6-19(16)21)22-15-26-23-8-4-3-7-20(22)23/h1-10,12-15H,11H2. The van der Waals surface area contributed by atoms with Gasteiger partial charge in [0, 0.05) is 22.4 Å². The molecule has 0 amide bonds. The van der Waals surface area contributed by atoms with Crippen molar-refractivity contribution in [3.05, 3.63) is 106 Å². The molecule has 0 N–H and O–H groups in total. The van der Waals surface area contributed by atoms with Gasteiger partial charge in [0.2, 0.25) is 0 Å². The Morgan fingerprint density at radius 2 is 1.54 bits per heavy atom. The van der Waals surface area contributed by atoms with Gasteiger partial charge in [0.15, 0.2) is 0 Å². The summed E-state index contributed by atoms with van der Waals surface area (Å²) < 4.78 is 0.